The third kappa shape index (κ3) is 5.81. The van der Waals surface area contributed by atoms with E-state index in [1.165, 1.54) is 36.1 Å². The van der Waals surface area contributed by atoms with Crippen molar-refractivity contribution in [2.24, 2.45) is 0 Å². The predicted molar refractivity (Wildman–Crippen MR) is 119 cm³/mol. The molecule has 0 spiro atoms. The number of hydrogen-bond acceptors (Lipinski definition) is 1. The lowest BCUT2D eigenvalue weighted by Gasteiger charge is -2.18. The van der Waals surface area contributed by atoms with Gasteiger partial charge in [0.1, 0.15) is 6.54 Å². The van der Waals surface area contributed by atoms with Gasteiger partial charge in [-0.05, 0) is 55.8 Å². The Labute approximate surface area is 191 Å². The molecule has 154 valence electrons. The lowest BCUT2D eigenvalue weighted by molar-refractivity contribution is -0.697. The highest BCUT2D eigenvalue weighted by molar-refractivity contribution is 5.64. The fraction of sp³-hybridized carbons (Fsp3) is 0.296. The zero-order valence-corrected chi connectivity index (χ0v) is 19.2. The molecule has 2 heterocycles. The highest BCUT2D eigenvalue weighted by atomic mass is 79.9. The number of aromatic nitrogens is 1. The topological polar surface area (TPSA) is 7.12 Å². The van der Waals surface area contributed by atoms with Crippen LogP contribution < -0.4 is 21.5 Å². The number of benzene rings is 2. The van der Waals surface area contributed by atoms with Crippen LogP contribution in [0.4, 0.5) is 0 Å². The number of nitrogens with zero attached hydrogens (tertiary/aromatic N) is 2. The van der Waals surface area contributed by atoms with Gasteiger partial charge in [0.25, 0.3) is 0 Å². The first kappa shape index (κ1) is 22.3. The molecule has 1 unspecified atom stereocenters. The molecule has 1 fully saturated rings. The van der Waals surface area contributed by atoms with Crippen molar-refractivity contribution in [1.29, 1.82) is 0 Å². The lowest BCUT2D eigenvalue weighted by Crippen LogP contribution is -3.00. The molecule has 0 radical (unpaired) electrons. The zero-order chi connectivity index (χ0) is 19.9. The Morgan fingerprint density at radius 1 is 0.967 bits per heavy atom. The Kier molecular flexibility index (Phi) is 8.25. The van der Waals surface area contributed by atoms with Crippen molar-refractivity contribution in [2.45, 2.75) is 38.3 Å². The summed E-state index contributed by atoms with van der Waals surface area (Å²) < 4.78 is 2.32. The second-order valence-electron chi connectivity index (χ2n) is 7.86. The second-order valence-corrected chi connectivity index (χ2v) is 7.86. The molecular weight excluding hydrogens is 432 g/mol. The molecule has 0 bridgehead atoms. The Balaban J connectivity index is 0.00000256. The summed E-state index contributed by atoms with van der Waals surface area (Å²) in [6, 6.07) is 24.0. The number of halogens is 1. The van der Waals surface area contributed by atoms with Crippen LogP contribution in [-0.2, 0) is 6.54 Å². The van der Waals surface area contributed by atoms with E-state index < -0.39 is 0 Å². The Bertz CT molecular complexity index is 987. The monoisotopic (exact) mass is 460 g/mol. The van der Waals surface area contributed by atoms with Crippen LogP contribution in [0.2, 0.25) is 0 Å². The molecular formula is C27H29BrN2. The Morgan fingerprint density at radius 2 is 1.73 bits per heavy atom. The standard InChI is InChI=1S/C27H29N2.BrH/c1-28-19-9-14-27(28)26-13-8-21-29(22-26)20-7-3-4-10-23-15-17-25(18-16-23)24-11-5-2-6-12-24;/h2,5-6,8,11-13,15-18,21-22,27H,3,7,9,14,19-20H2,1H3;1H/q+1;/p-1. The maximum Gasteiger partial charge on any atom is 0.173 e. The van der Waals surface area contributed by atoms with Crippen LogP contribution in [0.25, 0.3) is 11.1 Å². The van der Waals surface area contributed by atoms with Crippen molar-refractivity contribution in [3.05, 3.63) is 90.3 Å². The van der Waals surface area contributed by atoms with E-state index in [2.05, 4.69) is 101 Å². The van der Waals surface area contributed by atoms with E-state index in [0.29, 0.717) is 6.04 Å². The number of rotatable bonds is 5. The zero-order valence-electron chi connectivity index (χ0n) is 17.6. The number of likely N-dealkylation sites (tertiary alicyclic amines) is 1. The highest BCUT2D eigenvalue weighted by Gasteiger charge is 2.24. The molecule has 1 saturated heterocycles. The summed E-state index contributed by atoms with van der Waals surface area (Å²) in [5.74, 6) is 6.64. The van der Waals surface area contributed by atoms with Crippen LogP contribution in [0, 0.1) is 11.8 Å². The number of unbranched alkanes of at least 4 members (excludes halogenated alkanes) is 1. The van der Waals surface area contributed by atoms with Crippen LogP contribution in [0.3, 0.4) is 0 Å². The lowest BCUT2D eigenvalue weighted by atomic mass is 10.0. The van der Waals surface area contributed by atoms with Gasteiger partial charge in [-0.15, -0.1) is 0 Å². The molecule has 3 aromatic rings. The number of hydrogen-bond donors (Lipinski definition) is 0. The van der Waals surface area contributed by atoms with Crippen LogP contribution in [0.1, 0.15) is 42.9 Å². The number of aryl methyl sites for hydroxylation is 1. The molecule has 1 atom stereocenters. The minimum absolute atomic E-state index is 0. The van der Waals surface area contributed by atoms with Crippen molar-refractivity contribution in [3.8, 4) is 23.0 Å². The highest BCUT2D eigenvalue weighted by Crippen LogP contribution is 2.29. The van der Waals surface area contributed by atoms with Gasteiger partial charge in [-0.3, -0.25) is 4.90 Å². The summed E-state index contributed by atoms with van der Waals surface area (Å²) in [6.07, 6.45) is 9.06. The minimum Gasteiger partial charge on any atom is -1.00 e. The molecule has 0 N–H and O–H groups in total. The van der Waals surface area contributed by atoms with E-state index >= 15 is 0 Å². The maximum absolute atomic E-state index is 3.34. The molecule has 2 aromatic carbocycles. The van der Waals surface area contributed by atoms with Crippen LogP contribution in [0.15, 0.2) is 79.1 Å². The summed E-state index contributed by atoms with van der Waals surface area (Å²) in [7, 11) is 2.23. The van der Waals surface area contributed by atoms with Crippen molar-refractivity contribution in [3.63, 3.8) is 0 Å². The van der Waals surface area contributed by atoms with Gasteiger partial charge in [-0.2, -0.15) is 0 Å². The van der Waals surface area contributed by atoms with E-state index in [1.54, 1.807) is 0 Å². The third-order valence-corrected chi connectivity index (χ3v) is 5.73. The van der Waals surface area contributed by atoms with Gasteiger partial charge in [-0.1, -0.05) is 54.3 Å². The Morgan fingerprint density at radius 3 is 2.47 bits per heavy atom. The van der Waals surface area contributed by atoms with Gasteiger partial charge in [0.2, 0.25) is 0 Å². The molecule has 3 heteroatoms. The van der Waals surface area contributed by atoms with Gasteiger partial charge in [0.15, 0.2) is 12.4 Å². The van der Waals surface area contributed by atoms with Gasteiger partial charge in [-0.25, -0.2) is 4.57 Å². The molecule has 4 rings (SSSR count). The van der Waals surface area contributed by atoms with Crippen LogP contribution >= 0.6 is 0 Å². The van der Waals surface area contributed by atoms with E-state index in [4.69, 9.17) is 0 Å². The van der Waals surface area contributed by atoms with E-state index in [9.17, 15) is 0 Å². The largest absolute Gasteiger partial charge is 1.00 e. The predicted octanol–water partition coefficient (Wildman–Crippen LogP) is 2.24. The summed E-state index contributed by atoms with van der Waals surface area (Å²) in [5, 5.41) is 0. The van der Waals surface area contributed by atoms with Crippen molar-refractivity contribution < 1.29 is 21.5 Å². The summed E-state index contributed by atoms with van der Waals surface area (Å²) >= 11 is 0. The van der Waals surface area contributed by atoms with Gasteiger partial charge < -0.3 is 17.0 Å². The normalized spacial score (nSPS) is 15.8. The quantitative estimate of drug-likeness (QED) is 0.321. The summed E-state index contributed by atoms with van der Waals surface area (Å²) in [5.41, 5.74) is 5.01. The fourth-order valence-corrected chi connectivity index (χ4v) is 4.10. The molecule has 0 aliphatic carbocycles. The molecule has 30 heavy (non-hydrogen) atoms. The van der Waals surface area contributed by atoms with Gasteiger partial charge in [0.05, 0.1) is 0 Å². The maximum atomic E-state index is 3.34. The molecule has 0 saturated carbocycles. The van der Waals surface area contributed by atoms with Crippen molar-refractivity contribution in [1.82, 2.24) is 4.90 Å². The summed E-state index contributed by atoms with van der Waals surface area (Å²) in [6.45, 7) is 2.23. The summed E-state index contributed by atoms with van der Waals surface area (Å²) in [4.78, 5) is 2.47. The average Bonchev–Trinajstić information content (AvgIpc) is 3.21. The van der Waals surface area contributed by atoms with Crippen molar-refractivity contribution in [2.75, 3.05) is 13.6 Å². The fourth-order valence-electron chi connectivity index (χ4n) is 4.10. The Hall–Kier alpha value is -2.41. The van der Waals surface area contributed by atoms with E-state index in [1.807, 2.05) is 6.07 Å². The smallest absolute Gasteiger partial charge is 0.173 e. The number of pyridine rings is 1. The second kappa shape index (κ2) is 11.1. The first-order valence-corrected chi connectivity index (χ1v) is 10.6. The average molecular weight is 461 g/mol. The van der Waals surface area contributed by atoms with Crippen LogP contribution in [0.5, 0.6) is 0 Å². The molecule has 1 aromatic heterocycles. The SMILES string of the molecule is CN1CCCC1c1ccc[n+](CCCC#Cc2ccc(-c3ccccc3)cc2)c1.[Br-]. The van der Waals surface area contributed by atoms with Crippen molar-refractivity contribution >= 4 is 0 Å². The van der Waals surface area contributed by atoms with E-state index in [0.717, 1.165) is 24.9 Å². The van der Waals surface area contributed by atoms with Gasteiger partial charge >= 0.3 is 0 Å². The molecule has 1 aliphatic rings. The molecule has 2 nitrogen and oxygen atoms in total. The minimum atomic E-state index is 0. The molecule has 0 amide bonds. The van der Waals surface area contributed by atoms with E-state index in [-0.39, 0.29) is 17.0 Å². The third-order valence-electron chi connectivity index (χ3n) is 5.73. The molecule has 1 aliphatic heterocycles. The first-order chi connectivity index (χ1) is 14.3. The first-order valence-electron chi connectivity index (χ1n) is 10.6. The van der Waals surface area contributed by atoms with Gasteiger partial charge in [0, 0.05) is 36.1 Å². The van der Waals surface area contributed by atoms with Crippen LogP contribution in [-0.4, -0.2) is 18.5 Å².